The van der Waals surface area contributed by atoms with Crippen molar-refractivity contribution in [1.29, 1.82) is 0 Å². The predicted octanol–water partition coefficient (Wildman–Crippen LogP) is 3.93. The Labute approximate surface area is 194 Å². The Balaban J connectivity index is 1.79. The lowest BCUT2D eigenvalue weighted by atomic mass is 10.0. The van der Waals surface area contributed by atoms with Crippen LogP contribution in [-0.2, 0) is 10.0 Å². The summed E-state index contributed by atoms with van der Waals surface area (Å²) in [5.41, 5.74) is 0.934. The zero-order valence-electron chi connectivity index (χ0n) is 18.5. The van der Waals surface area contributed by atoms with Crippen molar-refractivity contribution in [1.82, 2.24) is 14.5 Å². The molecule has 0 radical (unpaired) electrons. The molecule has 1 amide bonds. The first-order chi connectivity index (χ1) is 15.1. The predicted molar refractivity (Wildman–Crippen MR) is 124 cm³/mol. The van der Waals surface area contributed by atoms with Gasteiger partial charge in [0.1, 0.15) is 10.7 Å². The van der Waals surface area contributed by atoms with Crippen LogP contribution in [0.15, 0.2) is 47.4 Å². The lowest BCUT2D eigenvalue weighted by Gasteiger charge is -2.30. The molecule has 2 aromatic carbocycles. The van der Waals surface area contributed by atoms with Crippen LogP contribution in [0, 0.1) is 11.7 Å². The van der Waals surface area contributed by atoms with Gasteiger partial charge in [0.2, 0.25) is 10.0 Å². The van der Waals surface area contributed by atoms with E-state index in [1.54, 1.807) is 12.1 Å². The third kappa shape index (κ3) is 5.67. The van der Waals surface area contributed by atoms with Gasteiger partial charge in [0.05, 0.1) is 11.1 Å². The molecule has 0 aromatic heterocycles. The maximum Gasteiger partial charge on any atom is 0.251 e. The molecule has 1 aliphatic rings. The summed E-state index contributed by atoms with van der Waals surface area (Å²) in [6.07, 6.45) is 1.78. The number of hydrogen-bond acceptors (Lipinski definition) is 4. The highest BCUT2D eigenvalue weighted by atomic mass is 35.5. The number of benzene rings is 2. The molecule has 3 rings (SSSR count). The first-order valence-corrected chi connectivity index (χ1v) is 12.4. The fourth-order valence-corrected chi connectivity index (χ4v) is 6.05. The monoisotopic (exact) mass is 481 g/mol. The molecule has 0 bridgehead atoms. The summed E-state index contributed by atoms with van der Waals surface area (Å²) in [5.74, 6) is -0.497. The van der Waals surface area contributed by atoms with Crippen LogP contribution >= 0.6 is 11.6 Å². The molecule has 0 aliphatic carbocycles. The summed E-state index contributed by atoms with van der Waals surface area (Å²) < 4.78 is 41.4. The molecule has 0 spiro atoms. The maximum absolute atomic E-state index is 13.6. The van der Waals surface area contributed by atoms with Crippen LogP contribution < -0.4 is 5.32 Å². The number of piperidine rings is 1. The Morgan fingerprint density at radius 3 is 2.69 bits per heavy atom. The number of rotatable bonds is 7. The zero-order chi connectivity index (χ0) is 23.5. The van der Waals surface area contributed by atoms with Gasteiger partial charge in [-0.05, 0) is 68.8 Å². The molecule has 1 N–H and O–H groups in total. The van der Waals surface area contributed by atoms with Crippen molar-refractivity contribution in [3.8, 4) is 0 Å². The zero-order valence-corrected chi connectivity index (χ0v) is 20.1. The minimum atomic E-state index is -3.80. The van der Waals surface area contributed by atoms with Crippen LogP contribution in [0.2, 0.25) is 5.02 Å². The molecule has 2 aromatic rings. The summed E-state index contributed by atoms with van der Waals surface area (Å²) in [6.45, 7) is 3.13. The van der Waals surface area contributed by atoms with Gasteiger partial charge >= 0.3 is 0 Å². The van der Waals surface area contributed by atoms with Gasteiger partial charge in [-0.2, -0.15) is 4.31 Å². The van der Waals surface area contributed by atoms with E-state index in [1.165, 1.54) is 34.6 Å². The summed E-state index contributed by atoms with van der Waals surface area (Å²) >= 11 is 6.23. The summed E-state index contributed by atoms with van der Waals surface area (Å²) in [7, 11) is -0.119. The Morgan fingerprint density at radius 1 is 1.28 bits per heavy atom. The largest absolute Gasteiger partial charge is 0.350 e. The van der Waals surface area contributed by atoms with Crippen LogP contribution in [0.3, 0.4) is 0 Å². The van der Waals surface area contributed by atoms with E-state index in [0.29, 0.717) is 13.1 Å². The second-order valence-electron chi connectivity index (χ2n) is 8.50. The highest BCUT2D eigenvalue weighted by molar-refractivity contribution is 7.89. The number of sulfonamides is 1. The van der Waals surface area contributed by atoms with E-state index in [2.05, 4.69) is 5.32 Å². The molecular formula is C23H29ClFN3O3S. The number of nitrogens with zero attached hydrogens (tertiary/aromatic N) is 2. The van der Waals surface area contributed by atoms with E-state index in [9.17, 15) is 17.6 Å². The van der Waals surface area contributed by atoms with E-state index >= 15 is 0 Å². The van der Waals surface area contributed by atoms with E-state index in [4.69, 9.17) is 11.6 Å². The maximum atomic E-state index is 13.6. The molecule has 0 unspecified atom stereocenters. The lowest BCUT2D eigenvalue weighted by molar-refractivity contribution is 0.0941. The summed E-state index contributed by atoms with van der Waals surface area (Å²) in [5, 5.41) is 2.92. The minimum absolute atomic E-state index is 0.0600. The van der Waals surface area contributed by atoms with Crippen LogP contribution in [0.5, 0.6) is 0 Å². The van der Waals surface area contributed by atoms with Gasteiger partial charge in [-0.15, -0.1) is 0 Å². The summed E-state index contributed by atoms with van der Waals surface area (Å²) in [4.78, 5) is 14.7. The van der Waals surface area contributed by atoms with E-state index in [-0.39, 0.29) is 39.8 Å². The molecule has 1 fully saturated rings. The quantitative estimate of drug-likeness (QED) is 0.650. The number of carbonyl (C=O) groups is 1. The molecule has 1 aliphatic heterocycles. The number of halogens is 2. The normalized spacial score (nSPS) is 18.5. The van der Waals surface area contributed by atoms with Gasteiger partial charge in [-0.25, -0.2) is 12.8 Å². The third-order valence-corrected chi connectivity index (χ3v) is 8.09. The average molecular weight is 482 g/mol. The van der Waals surface area contributed by atoms with Crippen molar-refractivity contribution in [2.24, 2.45) is 5.92 Å². The van der Waals surface area contributed by atoms with Crippen molar-refractivity contribution < 1.29 is 17.6 Å². The van der Waals surface area contributed by atoms with Gasteiger partial charge in [0, 0.05) is 25.2 Å². The Bertz CT molecular complexity index is 1080. The Kier molecular flexibility index (Phi) is 7.92. The van der Waals surface area contributed by atoms with Crippen molar-refractivity contribution in [2.75, 3.05) is 33.7 Å². The molecule has 32 heavy (non-hydrogen) atoms. The van der Waals surface area contributed by atoms with Gasteiger partial charge < -0.3 is 10.2 Å². The smallest absolute Gasteiger partial charge is 0.251 e. The molecule has 0 saturated carbocycles. The molecule has 6 nitrogen and oxygen atoms in total. The lowest BCUT2D eigenvalue weighted by Crippen LogP contribution is -2.39. The number of nitrogens with one attached hydrogen (secondary N) is 1. The average Bonchev–Trinajstić information content (AvgIpc) is 2.73. The fraction of sp³-hybridized carbons (Fsp3) is 0.435. The first kappa shape index (κ1) is 24.6. The second kappa shape index (κ2) is 10.3. The van der Waals surface area contributed by atoms with Crippen molar-refractivity contribution in [2.45, 2.75) is 30.7 Å². The first-order valence-electron chi connectivity index (χ1n) is 10.6. The third-order valence-electron chi connectivity index (χ3n) is 5.74. The van der Waals surface area contributed by atoms with Gasteiger partial charge in [0.15, 0.2) is 0 Å². The summed E-state index contributed by atoms with van der Waals surface area (Å²) in [6, 6.07) is 10.2. The van der Waals surface area contributed by atoms with Crippen LogP contribution in [0.4, 0.5) is 4.39 Å². The Hall–Kier alpha value is -2.00. The molecular weight excluding hydrogens is 453 g/mol. The highest BCUT2D eigenvalue weighted by Gasteiger charge is 2.31. The van der Waals surface area contributed by atoms with Gasteiger partial charge in [0.25, 0.3) is 5.91 Å². The number of carbonyl (C=O) groups excluding carboxylic acids is 1. The Morgan fingerprint density at radius 2 is 2.03 bits per heavy atom. The minimum Gasteiger partial charge on any atom is -0.350 e. The molecule has 2 atom stereocenters. The number of likely N-dealkylation sites (N-methyl/N-ethyl adjacent to an activating group) is 1. The highest BCUT2D eigenvalue weighted by Crippen LogP contribution is 2.29. The molecule has 174 valence electrons. The van der Waals surface area contributed by atoms with Crippen molar-refractivity contribution in [3.05, 3.63) is 64.4 Å². The van der Waals surface area contributed by atoms with Gasteiger partial charge in [-0.3, -0.25) is 4.79 Å². The van der Waals surface area contributed by atoms with E-state index in [0.717, 1.165) is 18.4 Å². The molecule has 1 heterocycles. The standard InChI is InChI=1S/C23H29ClFN3O3S/c1-16-6-5-11-28(15-16)32(30,31)22-13-18(9-10-20(22)24)23(29)26-14-21(27(2)3)17-7-4-8-19(25)12-17/h4,7-10,12-13,16,21H,5-6,11,14-15H2,1-3H3,(H,26,29)/t16-,21+/m0/s1. The second-order valence-corrected chi connectivity index (χ2v) is 10.8. The number of amides is 1. The van der Waals surface area contributed by atoms with Crippen LogP contribution in [0.1, 0.15) is 41.7 Å². The SMILES string of the molecule is C[C@H]1CCCN(S(=O)(=O)c2cc(C(=O)NC[C@H](c3cccc(F)c3)N(C)C)ccc2Cl)C1. The molecule has 9 heteroatoms. The fourth-order valence-electron chi connectivity index (χ4n) is 3.95. The van der Waals surface area contributed by atoms with E-state index in [1.807, 2.05) is 25.9 Å². The van der Waals surface area contributed by atoms with Crippen LogP contribution in [-0.4, -0.2) is 57.3 Å². The topological polar surface area (TPSA) is 69.7 Å². The molecule has 1 saturated heterocycles. The van der Waals surface area contributed by atoms with Crippen molar-refractivity contribution >= 4 is 27.5 Å². The van der Waals surface area contributed by atoms with Crippen molar-refractivity contribution in [3.63, 3.8) is 0 Å². The van der Waals surface area contributed by atoms with Gasteiger partial charge in [-0.1, -0.05) is 30.7 Å². The van der Waals surface area contributed by atoms with Crippen LogP contribution in [0.25, 0.3) is 0 Å². The van der Waals surface area contributed by atoms with E-state index < -0.39 is 15.9 Å². The number of hydrogen-bond donors (Lipinski definition) is 1.